The molecule has 0 aliphatic carbocycles. The number of halogens is 1. The van der Waals surface area contributed by atoms with Gasteiger partial charge in [-0.25, -0.2) is 4.39 Å². The molecule has 0 heterocycles. The Morgan fingerprint density at radius 2 is 2.00 bits per heavy atom. The maximum Gasteiger partial charge on any atom is 0.159 e. The van der Waals surface area contributed by atoms with E-state index in [1.54, 1.807) is 24.3 Å². The van der Waals surface area contributed by atoms with E-state index < -0.39 is 0 Å². The van der Waals surface area contributed by atoms with Gasteiger partial charge in [-0.2, -0.15) is 0 Å². The fourth-order valence-electron chi connectivity index (χ4n) is 1.22. The fraction of sp³-hybridized carbons (Fsp3) is 0.308. The molecular formula is C13H15FO2. The number of benzene rings is 1. The molecule has 0 spiro atoms. The molecule has 0 atom stereocenters. The molecule has 1 aromatic carbocycles. The Hall–Kier alpha value is -1.64. The topological polar surface area (TPSA) is 26.3 Å². The Morgan fingerprint density at radius 1 is 1.38 bits per heavy atom. The Bertz CT molecular complexity index is 379. The number of hydrogen-bond acceptors (Lipinski definition) is 2. The molecule has 0 radical (unpaired) electrons. The largest absolute Gasteiger partial charge is 0.487 e. The van der Waals surface area contributed by atoms with E-state index in [0.29, 0.717) is 17.7 Å². The molecular weight excluding hydrogens is 207 g/mol. The minimum atomic E-state index is -0.279. The summed E-state index contributed by atoms with van der Waals surface area (Å²) in [5, 5.41) is 0. The number of carbonyl (C=O) groups is 1. The zero-order chi connectivity index (χ0) is 12.0. The van der Waals surface area contributed by atoms with Crippen molar-refractivity contribution in [3.05, 3.63) is 41.7 Å². The van der Waals surface area contributed by atoms with E-state index in [9.17, 15) is 9.18 Å². The van der Waals surface area contributed by atoms with Gasteiger partial charge in [-0.1, -0.05) is 6.92 Å². The van der Waals surface area contributed by atoms with Crippen molar-refractivity contribution < 1.29 is 13.9 Å². The summed E-state index contributed by atoms with van der Waals surface area (Å²) in [4.78, 5) is 11.0. The summed E-state index contributed by atoms with van der Waals surface area (Å²) >= 11 is 0. The van der Waals surface area contributed by atoms with Crippen molar-refractivity contribution >= 4 is 5.78 Å². The normalized spacial score (nSPS) is 11.3. The maximum atomic E-state index is 13.0. The summed E-state index contributed by atoms with van der Waals surface area (Å²) in [5.74, 6) is 0.284. The van der Waals surface area contributed by atoms with Crippen LogP contribution in [-0.2, 0) is 0 Å². The number of ketones is 1. The maximum absolute atomic E-state index is 13.0. The average molecular weight is 222 g/mol. The van der Waals surface area contributed by atoms with Crippen LogP contribution in [0.25, 0.3) is 0 Å². The van der Waals surface area contributed by atoms with E-state index in [1.807, 2.05) is 6.92 Å². The van der Waals surface area contributed by atoms with Crippen molar-refractivity contribution in [2.45, 2.75) is 20.3 Å². The standard InChI is InChI=1S/C13H15FO2/c1-3-4-12(14)9-16-13-7-5-11(6-8-13)10(2)15/h4-8H,3,9H2,1-2H3/b12-4+. The van der Waals surface area contributed by atoms with Crippen LogP contribution >= 0.6 is 0 Å². The van der Waals surface area contributed by atoms with Crippen LogP contribution in [0.1, 0.15) is 30.6 Å². The molecule has 86 valence electrons. The molecule has 0 amide bonds. The molecule has 0 bridgehead atoms. The predicted molar refractivity (Wildman–Crippen MR) is 61.4 cm³/mol. The number of rotatable bonds is 5. The lowest BCUT2D eigenvalue weighted by molar-refractivity contribution is 0.101. The summed E-state index contributed by atoms with van der Waals surface area (Å²) in [6, 6.07) is 6.66. The van der Waals surface area contributed by atoms with Gasteiger partial charge in [0.15, 0.2) is 5.78 Å². The lowest BCUT2D eigenvalue weighted by Gasteiger charge is -2.04. The van der Waals surface area contributed by atoms with E-state index in [-0.39, 0.29) is 18.2 Å². The van der Waals surface area contributed by atoms with Crippen LogP contribution in [0.3, 0.4) is 0 Å². The second kappa shape index (κ2) is 6.05. The van der Waals surface area contributed by atoms with E-state index in [0.717, 1.165) is 0 Å². The molecule has 1 aromatic rings. The monoisotopic (exact) mass is 222 g/mol. The van der Waals surface area contributed by atoms with Crippen LogP contribution in [0, 0.1) is 0 Å². The smallest absolute Gasteiger partial charge is 0.159 e. The molecule has 0 unspecified atom stereocenters. The highest BCUT2D eigenvalue weighted by Crippen LogP contribution is 2.13. The third-order valence-electron chi connectivity index (χ3n) is 2.06. The van der Waals surface area contributed by atoms with Crippen molar-refractivity contribution in [2.75, 3.05) is 6.61 Å². The van der Waals surface area contributed by atoms with Gasteiger partial charge in [-0.15, -0.1) is 0 Å². The first kappa shape index (κ1) is 12.4. The second-order valence-corrected chi connectivity index (χ2v) is 3.43. The first-order valence-corrected chi connectivity index (χ1v) is 5.21. The first-order chi connectivity index (χ1) is 7.63. The molecule has 0 aromatic heterocycles. The Morgan fingerprint density at radius 3 is 2.50 bits per heavy atom. The van der Waals surface area contributed by atoms with E-state index >= 15 is 0 Å². The molecule has 0 aliphatic heterocycles. The molecule has 16 heavy (non-hydrogen) atoms. The van der Waals surface area contributed by atoms with Gasteiger partial charge in [0.05, 0.1) is 0 Å². The van der Waals surface area contributed by atoms with Gasteiger partial charge in [0, 0.05) is 5.56 Å². The fourth-order valence-corrected chi connectivity index (χ4v) is 1.22. The summed E-state index contributed by atoms with van der Waals surface area (Å²) in [6.45, 7) is 3.30. The van der Waals surface area contributed by atoms with Gasteiger partial charge in [-0.3, -0.25) is 4.79 Å². The number of Topliss-reactive ketones (excluding diaryl/α,β-unsaturated/α-hetero) is 1. The Balaban J connectivity index is 2.56. The number of carbonyl (C=O) groups excluding carboxylic acids is 1. The van der Waals surface area contributed by atoms with Crippen LogP contribution in [0.4, 0.5) is 4.39 Å². The van der Waals surface area contributed by atoms with E-state index in [2.05, 4.69) is 0 Å². The van der Waals surface area contributed by atoms with Gasteiger partial charge in [-0.05, 0) is 43.7 Å². The molecule has 3 heteroatoms. The molecule has 1 rings (SSSR count). The van der Waals surface area contributed by atoms with Crippen LogP contribution in [0.2, 0.25) is 0 Å². The van der Waals surface area contributed by atoms with Crippen LogP contribution in [-0.4, -0.2) is 12.4 Å². The lowest BCUT2D eigenvalue weighted by Crippen LogP contribution is -1.98. The Kier molecular flexibility index (Phi) is 4.70. The first-order valence-electron chi connectivity index (χ1n) is 5.21. The summed E-state index contributed by atoms with van der Waals surface area (Å²) in [7, 11) is 0. The quantitative estimate of drug-likeness (QED) is 0.712. The minimum absolute atomic E-state index is 0.00334. The number of hydrogen-bond donors (Lipinski definition) is 0. The highest BCUT2D eigenvalue weighted by Gasteiger charge is 2.00. The number of ether oxygens (including phenoxy) is 1. The zero-order valence-corrected chi connectivity index (χ0v) is 9.50. The van der Waals surface area contributed by atoms with Crippen LogP contribution in [0.15, 0.2) is 36.2 Å². The molecule has 0 fully saturated rings. The van der Waals surface area contributed by atoms with Gasteiger partial charge >= 0.3 is 0 Å². The highest BCUT2D eigenvalue weighted by molar-refractivity contribution is 5.94. The van der Waals surface area contributed by atoms with Gasteiger partial charge in [0.25, 0.3) is 0 Å². The van der Waals surface area contributed by atoms with Crippen molar-refractivity contribution in [1.29, 1.82) is 0 Å². The van der Waals surface area contributed by atoms with Crippen molar-refractivity contribution in [1.82, 2.24) is 0 Å². The van der Waals surface area contributed by atoms with E-state index in [1.165, 1.54) is 13.0 Å². The molecule has 2 nitrogen and oxygen atoms in total. The molecule has 0 N–H and O–H groups in total. The summed E-state index contributed by atoms with van der Waals surface area (Å²) < 4.78 is 18.2. The van der Waals surface area contributed by atoms with E-state index in [4.69, 9.17) is 4.74 Å². The third kappa shape index (κ3) is 3.85. The highest BCUT2D eigenvalue weighted by atomic mass is 19.1. The molecule has 0 aliphatic rings. The molecule has 0 saturated heterocycles. The summed E-state index contributed by atoms with van der Waals surface area (Å²) in [6.07, 6.45) is 2.13. The van der Waals surface area contributed by atoms with Crippen LogP contribution < -0.4 is 4.74 Å². The van der Waals surface area contributed by atoms with Gasteiger partial charge in [0.1, 0.15) is 18.2 Å². The third-order valence-corrected chi connectivity index (χ3v) is 2.06. The lowest BCUT2D eigenvalue weighted by atomic mass is 10.1. The predicted octanol–water partition coefficient (Wildman–Crippen LogP) is 3.53. The van der Waals surface area contributed by atoms with Crippen molar-refractivity contribution in [3.63, 3.8) is 0 Å². The number of allylic oxidation sites excluding steroid dienone is 1. The zero-order valence-electron chi connectivity index (χ0n) is 9.50. The second-order valence-electron chi connectivity index (χ2n) is 3.43. The van der Waals surface area contributed by atoms with Crippen LogP contribution in [0.5, 0.6) is 5.75 Å². The van der Waals surface area contributed by atoms with Crippen molar-refractivity contribution in [2.24, 2.45) is 0 Å². The average Bonchev–Trinajstić information content (AvgIpc) is 2.27. The Labute approximate surface area is 94.7 Å². The minimum Gasteiger partial charge on any atom is -0.487 e. The van der Waals surface area contributed by atoms with Gasteiger partial charge in [0.2, 0.25) is 0 Å². The molecule has 0 saturated carbocycles. The SMILES string of the molecule is CC/C=C(/F)COc1ccc(C(C)=O)cc1. The summed E-state index contributed by atoms with van der Waals surface area (Å²) in [5.41, 5.74) is 0.622. The van der Waals surface area contributed by atoms with Gasteiger partial charge < -0.3 is 4.74 Å². The van der Waals surface area contributed by atoms with Crippen molar-refractivity contribution in [3.8, 4) is 5.75 Å².